The molecule has 0 spiro atoms. The van der Waals surface area contributed by atoms with Gasteiger partial charge in [0.1, 0.15) is 0 Å². The first kappa shape index (κ1) is 19.3. The molecule has 156 valence electrons. The number of nitrogens with zero attached hydrogens (tertiary/aromatic N) is 5. The normalized spacial score (nSPS) is 18.4. The lowest BCUT2D eigenvalue weighted by atomic mass is 9.91. The molecule has 0 N–H and O–H groups in total. The lowest BCUT2D eigenvalue weighted by Crippen LogP contribution is -2.36. The van der Waals surface area contributed by atoms with E-state index < -0.39 is 0 Å². The summed E-state index contributed by atoms with van der Waals surface area (Å²) in [4.78, 5) is 9.86. The molecule has 30 heavy (non-hydrogen) atoms. The molecule has 0 saturated carbocycles. The first-order valence-electron chi connectivity index (χ1n) is 11.2. The molecule has 2 saturated heterocycles. The highest BCUT2D eigenvalue weighted by atomic mass is 15.2. The van der Waals surface area contributed by atoms with E-state index in [1.165, 1.54) is 53.7 Å². The summed E-state index contributed by atoms with van der Waals surface area (Å²) in [5.74, 6) is 0.535. The van der Waals surface area contributed by atoms with Gasteiger partial charge < -0.3 is 4.90 Å². The summed E-state index contributed by atoms with van der Waals surface area (Å²) in [5.41, 5.74) is 4.89. The van der Waals surface area contributed by atoms with E-state index in [2.05, 4.69) is 51.9 Å². The maximum atomic E-state index is 4.82. The lowest BCUT2D eigenvalue weighted by molar-refractivity contribution is 0.233. The Kier molecular flexibility index (Phi) is 5.30. The Balaban J connectivity index is 1.27. The van der Waals surface area contributed by atoms with Gasteiger partial charge in [-0.2, -0.15) is 5.10 Å². The highest BCUT2D eigenvalue weighted by molar-refractivity contribution is 5.86. The molecule has 2 aromatic heterocycles. The molecule has 0 atom stereocenters. The Morgan fingerprint density at radius 2 is 1.80 bits per heavy atom. The summed E-state index contributed by atoms with van der Waals surface area (Å²) in [7, 11) is 1.96. The van der Waals surface area contributed by atoms with Crippen LogP contribution in [-0.4, -0.2) is 57.3 Å². The third-order valence-electron chi connectivity index (χ3n) is 6.75. The first-order valence-corrected chi connectivity index (χ1v) is 11.2. The van der Waals surface area contributed by atoms with Crippen LogP contribution in [0, 0.1) is 0 Å². The molecule has 4 heterocycles. The van der Waals surface area contributed by atoms with Crippen LogP contribution in [0.3, 0.4) is 0 Å². The zero-order chi connectivity index (χ0) is 20.5. The Bertz CT molecular complexity index is 1040. The Morgan fingerprint density at radius 1 is 1.00 bits per heavy atom. The molecule has 0 radical (unpaired) electrons. The molecule has 3 aromatic rings. The summed E-state index contributed by atoms with van der Waals surface area (Å²) in [6.45, 7) is 10.1. The number of aromatic nitrogens is 3. The number of benzene rings is 1. The van der Waals surface area contributed by atoms with Crippen LogP contribution in [-0.2, 0) is 7.05 Å². The van der Waals surface area contributed by atoms with Crippen LogP contribution in [0.15, 0.2) is 55.1 Å². The molecule has 0 amide bonds. The minimum Gasteiger partial charge on any atom is -0.374 e. The van der Waals surface area contributed by atoms with Crippen LogP contribution >= 0.6 is 0 Å². The number of hydrogen-bond donors (Lipinski definition) is 0. The standard InChI is InChI=1S/C25H31N5/c1-19(17-29-9-3-4-10-29)30-11-7-20(8-12-30)25-14-23-13-21(5-6-22(23)15-26-25)24-16-27-28(2)18-24/h5-6,13-16,18,20H,1,3-4,7-12,17H2,2H3. The smallest absolute Gasteiger partial charge is 0.0568 e. The first-order chi connectivity index (χ1) is 14.7. The second-order valence-electron chi connectivity index (χ2n) is 8.88. The molecule has 5 heteroatoms. The van der Waals surface area contributed by atoms with Gasteiger partial charge in [-0.15, -0.1) is 0 Å². The van der Waals surface area contributed by atoms with Crippen molar-refractivity contribution in [2.45, 2.75) is 31.6 Å². The van der Waals surface area contributed by atoms with Crippen molar-refractivity contribution in [2.24, 2.45) is 7.05 Å². The molecule has 1 aromatic carbocycles. The van der Waals surface area contributed by atoms with Crippen molar-refractivity contribution < 1.29 is 0 Å². The van der Waals surface area contributed by atoms with E-state index in [-0.39, 0.29) is 0 Å². The van der Waals surface area contributed by atoms with Crippen LogP contribution in [0.5, 0.6) is 0 Å². The minimum atomic E-state index is 0.535. The van der Waals surface area contributed by atoms with Gasteiger partial charge in [-0.1, -0.05) is 18.7 Å². The molecule has 2 aliphatic heterocycles. The average molecular weight is 402 g/mol. The zero-order valence-corrected chi connectivity index (χ0v) is 17.9. The number of aryl methyl sites for hydroxylation is 1. The van der Waals surface area contributed by atoms with Gasteiger partial charge in [-0.25, -0.2) is 0 Å². The van der Waals surface area contributed by atoms with E-state index in [9.17, 15) is 0 Å². The summed E-state index contributed by atoms with van der Waals surface area (Å²) >= 11 is 0. The van der Waals surface area contributed by atoms with Gasteiger partial charge in [0, 0.05) is 67.3 Å². The molecule has 5 rings (SSSR count). The van der Waals surface area contributed by atoms with Crippen LogP contribution in [0.4, 0.5) is 0 Å². The van der Waals surface area contributed by atoms with E-state index in [0.29, 0.717) is 5.92 Å². The van der Waals surface area contributed by atoms with Crippen molar-refractivity contribution in [3.05, 3.63) is 60.8 Å². The Labute approximate surface area is 179 Å². The maximum absolute atomic E-state index is 4.82. The maximum Gasteiger partial charge on any atom is 0.0568 e. The number of likely N-dealkylation sites (tertiary alicyclic amines) is 2. The van der Waals surface area contributed by atoms with Gasteiger partial charge in [0.25, 0.3) is 0 Å². The summed E-state index contributed by atoms with van der Waals surface area (Å²) < 4.78 is 1.85. The van der Waals surface area contributed by atoms with Crippen LogP contribution in [0.1, 0.15) is 37.3 Å². The van der Waals surface area contributed by atoms with E-state index in [4.69, 9.17) is 4.98 Å². The molecule has 0 bridgehead atoms. The predicted molar refractivity (Wildman–Crippen MR) is 122 cm³/mol. The summed E-state index contributed by atoms with van der Waals surface area (Å²) in [6, 6.07) is 8.89. The molecular formula is C25H31N5. The van der Waals surface area contributed by atoms with Crippen LogP contribution in [0.2, 0.25) is 0 Å². The summed E-state index contributed by atoms with van der Waals surface area (Å²) in [6.07, 6.45) is 11.0. The molecule has 0 unspecified atom stereocenters. The number of fused-ring (bicyclic) bond motifs is 1. The third kappa shape index (κ3) is 3.99. The predicted octanol–water partition coefficient (Wildman–Crippen LogP) is 4.42. The van der Waals surface area contributed by atoms with E-state index in [0.717, 1.165) is 38.0 Å². The SMILES string of the molecule is C=C(CN1CCCC1)N1CCC(c2cc3cc(-c4cnn(C)c4)ccc3cn2)CC1. The fourth-order valence-electron chi connectivity index (χ4n) is 4.92. The molecule has 0 aliphatic carbocycles. The van der Waals surface area contributed by atoms with E-state index in [1.54, 1.807) is 0 Å². The molecular weight excluding hydrogens is 370 g/mol. The highest BCUT2D eigenvalue weighted by Gasteiger charge is 2.24. The molecule has 5 nitrogen and oxygen atoms in total. The fraction of sp³-hybridized carbons (Fsp3) is 0.440. The van der Waals surface area contributed by atoms with Gasteiger partial charge in [0.05, 0.1) is 6.20 Å². The van der Waals surface area contributed by atoms with Gasteiger partial charge >= 0.3 is 0 Å². The average Bonchev–Trinajstić information content (AvgIpc) is 3.45. The number of rotatable bonds is 5. The largest absolute Gasteiger partial charge is 0.374 e. The van der Waals surface area contributed by atoms with Crippen molar-refractivity contribution in [2.75, 3.05) is 32.7 Å². The number of pyridine rings is 1. The van der Waals surface area contributed by atoms with Gasteiger partial charge in [0.15, 0.2) is 0 Å². The van der Waals surface area contributed by atoms with Gasteiger partial charge in [0.2, 0.25) is 0 Å². The quantitative estimate of drug-likeness (QED) is 0.634. The molecule has 2 aliphatic rings. The Hall–Kier alpha value is -2.66. The zero-order valence-electron chi connectivity index (χ0n) is 17.9. The summed E-state index contributed by atoms with van der Waals surface area (Å²) in [5, 5.41) is 6.77. The number of hydrogen-bond acceptors (Lipinski definition) is 4. The highest BCUT2D eigenvalue weighted by Crippen LogP contribution is 2.31. The van der Waals surface area contributed by atoms with Crippen molar-refractivity contribution in [3.8, 4) is 11.1 Å². The minimum absolute atomic E-state index is 0.535. The lowest BCUT2D eigenvalue weighted by Gasteiger charge is -2.35. The van der Waals surface area contributed by atoms with E-state index >= 15 is 0 Å². The van der Waals surface area contributed by atoms with Crippen molar-refractivity contribution in [3.63, 3.8) is 0 Å². The van der Waals surface area contributed by atoms with Crippen LogP contribution in [0.25, 0.3) is 21.9 Å². The van der Waals surface area contributed by atoms with E-state index in [1.807, 2.05) is 24.1 Å². The van der Waals surface area contributed by atoms with Crippen molar-refractivity contribution in [1.82, 2.24) is 24.6 Å². The van der Waals surface area contributed by atoms with Crippen LogP contribution < -0.4 is 0 Å². The molecule has 2 fully saturated rings. The van der Waals surface area contributed by atoms with Gasteiger partial charge in [-0.3, -0.25) is 14.6 Å². The van der Waals surface area contributed by atoms with Crippen molar-refractivity contribution >= 4 is 10.8 Å². The van der Waals surface area contributed by atoms with Gasteiger partial charge in [-0.05, 0) is 61.9 Å². The Morgan fingerprint density at radius 3 is 2.53 bits per heavy atom. The van der Waals surface area contributed by atoms with Crippen molar-refractivity contribution in [1.29, 1.82) is 0 Å². The fourth-order valence-corrected chi connectivity index (χ4v) is 4.92. The monoisotopic (exact) mass is 401 g/mol. The third-order valence-corrected chi connectivity index (χ3v) is 6.75. The second kappa shape index (κ2) is 8.23. The second-order valence-corrected chi connectivity index (χ2v) is 8.88. The topological polar surface area (TPSA) is 37.2 Å². The number of piperidine rings is 1.